The van der Waals surface area contributed by atoms with Gasteiger partial charge in [0.25, 0.3) is 0 Å². The van der Waals surface area contributed by atoms with Crippen LogP contribution in [0.5, 0.6) is 0 Å². The molecule has 0 fully saturated rings. The van der Waals surface area contributed by atoms with E-state index in [-0.39, 0.29) is 11.1 Å². The van der Waals surface area contributed by atoms with Gasteiger partial charge in [0.2, 0.25) is 0 Å². The fourth-order valence-electron chi connectivity index (χ4n) is 1.07. The second-order valence-electron chi connectivity index (χ2n) is 2.75. The highest BCUT2D eigenvalue weighted by atomic mass is 19.1. The number of rotatable bonds is 1. The Labute approximate surface area is 80.7 Å². The predicted octanol–water partition coefficient (Wildman–Crippen LogP) is 1.79. The lowest BCUT2D eigenvalue weighted by Crippen LogP contribution is -2.05. The minimum absolute atomic E-state index is 0.149. The molecule has 1 aromatic rings. The van der Waals surface area contributed by atoms with Crippen molar-refractivity contribution < 1.29 is 13.9 Å². The third kappa shape index (κ3) is 1.72. The summed E-state index contributed by atoms with van der Waals surface area (Å²) in [7, 11) is 1.18. The SMILES string of the molecule is COC(=O)c1cc(C)c(C#N)cc1F. The molecule has 0 aromatic heterocycles. The van der Waals surface area contributed by atoms with Gasteiger partial charge in [0.05, 0.1) is 24.3 Å². The van der Waals surface area contributed by atoms with Crippen LogP contribution in [-0.4, -0.2) is 13.1 Å². The van der Waals surface area contributed by atoms with Crippen molar-refractivity contribution in [3.63, 3.8) is 0 Å². The van der Waals surface area contributed by atoms with Gasteiger partial charge in [0, 0.05) is 0 Å². The highest BCUT2D eigenvalue weighted by Crippen LogP contribution is 2.15. The first-order chi connectivity index (χ1) is 6.60. The van der Waals surface area contributed by atoms with Crippen molar-refractivity contribution in [1.82, 2.24) is 0 Å². The van der Waals surface area contributed by atoms with Gasteiger partial charge in [-0.05, 0) is 24.6 Å². The van der Waals surface area contributed by atoms with E-state index in [4.69, 9.17) is 5.26 Å². The van der Waals surface area contributed by atoms with Crippen LogP contribution >= 0.6 is 0 Å². The van der Waals surface area contributed by atoms with Crippen LogP contribution in [-0.2, 0) is 4.74 Å². The molecule has 3 nitrogen and oxygen atoms in total. The zero-order valence-electron chi connectivity index (χ0n) is 7.80. The Hall–Kier alpha value is -1.89. The second kappa shape index (κ2) is 3.88. The van der Waals surface area contributed by atoms with Crippen LogP contribution in [0.2, 0.25) is 0 Å². The number of ether oxygens (including phenoxy) is 1. The summed E-state index contributed by atoms with van der Waals surface area (Å²) in [5.41, 5.74) is 0.619. The monoisotopic (exact) mass is 193 g/mol. The van der Waals surface area contributed by atoms with E-state index in [0.29, 0.717) is 5.56 Å². The Morgan fingerprint density at radius 1 is 1.57 bits per heavy atom. The first-order valence-corrected chi connectivity index (χ1v) is 3.88. The molecule has 0 aliphatic rings. The summed E-state index contributed by atoms with van der Waals surface area (Å²) in [5.74, 6) is -1.48. The standard InChI is InChI=1S/C10H8FNO2/c1-6-3-8(10(13)14-2)9(11)4-7(6)5-12/h3-4H,1-2H3. The Morgan fingerprint density at radius 3 is 2.71 bits per heavy atom. The quantitative estimate of drug-likeness (QED) is 0.639. The van der Waals surface area contributed by atoms with Crippen molar-refractivity contribution in [2.45, 2.75) is 6.92 Å². The molecule has 1 rings (SSSR count). The minimum atomic E-state index is -0.741. The third-order valence-corrected chi connectivity index (χ3v) is 1.84. The molecular weight excluding hydrogens is 185 g/mol. The summed E-state index contributed by atoms with van der Waals surface area (Å²) in [6, 6.07) is 4.16. The highest BCUT2D eigenvalue weighted by molar-refractivity contribution is 5.90. The lowest BCUT2D eigenvalue weighted by atomic mass is 10.1. The fourth-order valence-corrected chi connectivity index (χ4v) is 1.07. The molecule has 14 heavy (non-hydrogen) atoms. The second-order valence-corrected chi connectivity index (χ2v) is 2.75. The molecule has 0 radical (unpaired) electrons. The van der Waals surface area contributed by atoms with E-state index in [1.54, 1.807) is 6.92 Å². The van der Waals surface area contributed by atoms with Gasteiger partial charge in [-0.15, -0.1) is 0 Å². The van der Waals surface area contributed by atoms with E-state index in [1.807, 2.05) is 6.07 Å². The predicted molar refractivity (Wildman–Crippen MR) is 47.2 cm³/mol. The van der Waals surface area contributed by atoms with Crippen LogP contribution in [0.4, 0.5) is 4.39 Å². The van der Waals surface area contributed by atoms with E-state index in [1.165, 1.54) is 13.2 Å². The summed E-state index contributed by atoms with van der Waals surface area (Å²) < 4.78 is 17.6. The zero-order valence-corrected chi connectivity index (χ0v) is 7.80. The summed E-state index contributed by atoms with van der Waals surface area (Å²) in [4.78, 5) is 11.0. The molecule has 0 aliphatic heterocycles. The van der Waals surface area contributed by atoms with Gasteiger partial charge in [-0.1, -0.05) is 0 Å². The minimum Gasteiger partial charge on any atom is -0.465 e. The molecule has 0 N–H and O–H groups in total. The first kappa shape index (κ1) is 10.2. The van der Waals surface area contributed by atoms with Crippen LogP contribution < -0.4 is 0 Å². The molecule has 0 heterocycles. The Balaban J connectivity index is 3.30. The fraction of sp³-hybridized carbons (Fsp3) is 0.200. The van der Waals surface area contributed by atoms with Crippen molar-refractivity contribution in [2.24, 2.45) is 0 Å². The topological polar surface area (TPSA) is 50.1 Å². The van der Waals surface area contributed by atoms with E-state index in [0.717, 1.165) is 6.07 Å². The molecule has 0 atom stereocenters. The van der Waals surface area contributed by atoms with Gasteiger partial charge >= 0.3 is 5.97 Å². The lowest BCUT2D eigenvalue weighted by Gasteiger charge is -2.03. The van der Waals surface area contributed by atoms with Crippen LogP contribution in [0.25, 0.3) is 0 Å². The van der Waals surface area contributed by atoms with Crippen molar-refractivity contribution in [3.8, 4) is 6.07 Å². The van der Waals surface area contributed by atoms with Crippen molar-refractivity contribution in [2.75, 3.05) is 7.11 Å². The number of nitriles is 1. The molecule has 0 saturated carbocycles. The Morgan fingerprint density at radius 2 is 2.21 bits per heavy atom. The Bertz CT molecular complexity index is 421. The number of esters is 1. The first-order valence-electron chi connectivity index (χ1n) is 3.88. The average Bonchev–Trinajstić information content (AvgIpc) is 2.19. The molecule has 0 bridgehead atoms. The highest BCUT2D eigenvalue weighted by Gasteiger charge is 2.14. The lowest BCUT2D eigenvalue weighted by molar-refractivity contribution is 0.0595. The van der Waals surface area contributed by atoms with Crippen LogP contribution in [0.15, 0.2) is 12.1 Å². The maximum atomic E-state index is 13.2. The number of halogens is 1. The molecule has 0 aliphatic carbocycles. The number of benzene rings is 1. The number of aryl methyl sites for hydroxylation is 1. The van der Waals surface area contributed by atoms with E-state index in [2.05, 4.69) is 4.74 Å². The molecule has 0 spiro atoms. The molecule has 72 valence electrons. The van der Waals surface area contributed by atoms with Crippen LogP contribution in [0.3, 0.4) is 0 Å². The maximum Gasteiger partial charge on any atom is 0.340 e. The molecule has 0 unspecified atom stereocenters. The molecular formula is C10H8FNO2. The van der Waals surface area contributed by atoms with Crippen LogP contribution in [0, 0.1) is 24.1 Å². The normalized spacial score (nSPS) is 9.29. The van der Waals surface area contributed by atoms with E-state index < -0.39 is 11.8 Å². The molecule has 0 saturated heterocycles. The van der Waals surface area contributed by atoms with Crippen molar-refractivity contribution in [1.29, 1.82) is 5.26 Å². The van der Waals surface area contributed by atoms with Crippen molar-refractivity contribution >= 4 is 5.97 Å². The van der Waals surface area contributed by atoms with Gasteiger partial charge < -0.3 is 4.74 Å². The number of carbonyl (C=O) groups is 1. The van der Waals surface area contributed by atoms with Gasteiger partial charge in [-0.3, -0.25) is 0 Å². The molecule has 0 amide bonds. The number of nitrogens with zero attached hydrogens (tertiary/aromatic N) is 1. The number of methoxy groups -OCH3 is 1. The summed E-state index contributed by atoms with van der Waals surface area (Å²) in [6.07, 6.45) is 0. The average molecular weight is 193 g/mol. The maximum absolute atomic E-state index is 13.2. The van der Waals surface area contributed by atoms with Gasteiger partial charge in [0.15, 0.2) is 0 Å². The van der Waals surface area contributed by atoms with Gasteiger partial charge in [-0.25, -0.2) is 9.18 Å². The number of hydrogen-bond donors (Lipinski definition) is 0. The summed E-state index contributed by atoms with van der Waals surface area (Å²) in [6.45, 7) is 1.63. The third-order valence-electron chi connectivity index (χ3n) is 1.84. The largest absolute Gasteiger partial charge is 0.465 e. The number of hydrogen-bond acceptors (Lipinski definition) is 3. The molecule has 1 aromatic carbocycles. The van der Waals surface area contributed by atoms with E-state index >= 15 is 0 Å². The number of carbonyl (C=O) groups excluding carboxylic acids is 1. The van der Waals surface area contributed by atoms with Gasteiger partial charge in [0.1, 0.15) is 5.82 Å². The van der Waals surface area contributed by atoms with Crippen LogP contribution in [0.1, 0.15) is 21.5 Å². The molecule has 4 heteroatoms. The zero-order chi connectivity index (χ0) is 10.7. The van der Waals surface area contributed by atoms with Crippen molar-refractivity contribution in [3.05, 3.63) is 34.6 Å². The smallest absolute Gasteiger partial charge is 0.340 e. The summed E-state index contributed by atoms with van der Waals surface area (Å²) in [5, 5.41) is 8.60. The van der Waals surface area contributed by atoms with E-state index in [9.17, 15) is 9.18 Å². The summed E-state index contributed by atoms with van der Waals surface area (Å²) >= 11 is 0. The Kier molecular flexibility index (Phi) is 2.82. The van der Waals surface area contributed by atoms with Gasteiger partial charge in [-0.2, -0.15) is 5.26 Å².